The van der Waals surface area contributed by atoms with Crippen LogP contribution in [0.15, 0.2) is 47.0 Å². The second-order valence-corrected chi connectivity index (χ2v) is 6.26. The summed E-state index contributed by atoms with van der Waals surface area (Å²) in [6.45, 7) is 3.91. The first-order valence-electron chi connectivity index (χ1n) is 8.06. The molecule has 1 heterocycles. The lowest BCUT2D eigenvalue weighted by molar-refractivity contribution is -0.123. The molecule has 1 aromatic heterocycles. The summed E-state index contributed by atoms with van der Waals surface area (Å²) >= 11 is 5.96. The predicted molar refractivity (Wildman–Crippen MR) is 98.0 cm³/mol. The molecule has 0 aliphatic heterocycles. The minimum Gasteiger partial charge on any atom is -0.484 e. The minimum absolute atomic E-state index is 0.111. The van der Waals surface area contributed by atoms with E-state index in [4.69, 9.17) is 20.9 Å². The van der Waals surface area contributed by atoms with E-state index in [1.165, 1.54) is 0 Å². The minimum atomic E-state index is -0.285. The van der Waals surface area contributed by atoms with E-state index in [-0.39, 0.29) is 19.1 Å². The van der Waals surface area contributed by atoms with Gasteiger partial charge < -0.3 is 14.6 Å². The molecule has 2 aromatic carbocycles. The van der Waals surface area contributed by atoms with Crippen LogP contribution in [0.3, 0.4) is 0 Å². The Labute approximate surface area is 156 Å². The monoisotopic (exact) mass is 371 g/mol. The van der Waals surface area contributed by atoms with Crippen LogP contribution in [-0.2, 0) is 11.3 Å². The number of carbonyl (C=O) groups excluding carboxylic acids is 1. The quantitative estimate of drug-likeness (QED) is 0.714. The van der Waals surface area contributed by atoms with Gasteiger partial charge in [-0.1, -0.05) is 46.6 Å². The van der Waals surface area contributed by atoms with Crippen LogP contribution in [-0.4, -0.2) is 22.7 Å². The summed E-state index contributed by atoms with van der Waals surface area (Å²) in [5, 5.41) is 7.26. The van der Waals surface area contributed by atoms with Gasteiger partial charge in [-0.3, -0.25) is 4.79 Å². The van der Waals surface area contributed by atoms with Crippen molar-refractivity contribution < 1.29 is 14.1 Å². The average molecular weight is 372 g/mol. The fourth-order valence-corrected chi connectivity index (χ4v) is 2.35. The highest BCUT2D eigenvalue weighted by molar-refractivity contribution is 6.31. The maximum atomic E-state index is 11.9. The van der Waals surface area contributed by atoms with Gasteiger partial charge in [0.2, 0.25) is 11.7 Å². The molecule has 0 aliphatic carbocycles. The summed E-state index contributed by atoms with van der Waals surface area (Å²) in [5.41, 5.74) is 2.90. The van der Waals surface area contributed by atoms with E-state index in [2.05, 4.69) is 15.5 Å². The number of aryl methyl sites for hydroxylation is 2. The van der Waals surface area contributed by atoms with Crippen LogP contribution >= 0.6 is 11.6 Å². The zero-order valence-corrected chi connectivity index (χ0v) is 15.2. The maximum absolute atomic E-state index is 11.9. The van der Waals surface area contributed by atoms with E-state index in [1.807, 2.05) is 38.1 Å². The molecular formula is C19H18ClN3O3. The number of aromatic nitrogens is 2. The van der Waals surface area contributed by atoms with Crippen LogP contribution in [0.4, 0.5) is 0 Å². The molecule has 6 nitrogen and oxygen atoms in total. The molecule has 0 saturated heterocycles. The van der Waals surface area contributed by atoms with Crippen molar-refractivity contribution in [2.45, 2.75) is 20.4 Å². The number of hydrogen-bond acceptors (Lipinski definition) is 5. The number of nitrogens with zero attached hydrogens (tertiary/aromatic N) is 2. The zero-order valence-electron chi connectivity index (χ0n) is 14.5. The Balaban J connectivity index is 1.50. The van der Waals surface area contributed by atoms with Crippen molar-refractivity contribution >= 4 is 17.5 Å². The van der Waals surface area contributed by atoms with E-state index in [9.17, 15) is 4.79 Å². The topological polar surface area (TPSA) is 77.2 Å². The number of hydrogen-bond donors (Lipinski definition) is 1. The Morgan fingerprint density at radius 3 is 2.69 bits per heavy atom. The molecular weight excluding hydrogens is 354 g/mol. The molecule has 0 unspecified atom stereocenters. The molecule has 3 aromatic rings. The maximum Gasteiger partial charge on any atom is 0.258 e. The van der Waals surface area contributed by atoms with Gasteiger partial charge in [0.25, 0.3) is 5.91 Å². The largest absolute Gasteiger partial charge is 0.484 e. The molecule has 0 spiro atoms. The third-order valence-corrected chi connectivity index (χ3v) is 4.14. The van der Waals surface area contributed by atoms with Crippen molar-refractivity contribution in [1.29, 1.82) is 0 Å². The first-order valence-corrected chi connectivity index (χ1v) is 8.44. The molecule has 1 N–H and O–H groups in total. The SMILES string of the molecule is Cc1ccc(-c2noc(CNC(=O)COc3ccc(Cl)c(C)c3)n2)cc1. The normalized spacial score (nSPS) is 10.6. The predicted octanol–water partition coefficient (Wildman–Crippen LogP) is 3.70. The van der Waals surface area contributed by atoms with E-state index in [0.29, 0.717) is 22.5 Å². The van der Waals surface area contributed by atoms with Gasteiger partial charge in [-0.25, -0.2) is 0 Å². The molecule has 134 valence electrons. The standard InChI is InChI=1S/C19H18ClN3O3/c1-12-3-5-14(6-4-12)19-22-18(26-23-19)10-21-17(24)11-25-15-7-8-16(20)13(2)9-15/h3-9H,10-11H2,1-2H3,(H,21,24). The summed E-state index contributed by atoms with van der Waals surface area (Å²) in [6.07, 6.45) is 0. The lowest BCUT2D eigenvalue weighted by Gasteiger charge is -2.07. The lowest BCUT2D eigenvalue weighted by atomic mass is 10.1. The Hall–Kier alpha value is -2.86. The molecule has 0 aliphatic rings. The Morgan fingerprint density at radius 2 is 1.96 bits per heavy atom. The Morgan fingerprint density at radius 1 is 1.19 bits per heavy atom. The van der Waals surface area contributed by atoms with Crippen LogP contribution in [0.1, 0.15) is 17.0 Å². The summed E-state index contributed by atoms with van der Waals surface area (Å²) in [6, 6.07) is 13.0. The average Bonchev–Trinajstić information content (AvgIpc) is 3.10. The highest BCUT2D eigenvalue weighted by Crippen LogP contribution is 2.21. The number of benzene rings is 2. The number of rotatable bonds is 6. The number of amides is 1. The summed E-state index contributed by atoms with van der Waals surface area (Å²) < 4.78 is 10.6. The first kappa shape index (κ1) is 17.9. The van der Waals surface area contributed by atoms with Gasteiger partial charge in [0, 0.05) is 10.6 Å². The summed E-state index contributed by atoms with van der Waals surface area (Å²) in [5.74, 6) is 1.12. The summed E-state index contributed by atoms with van der Waals surface area (Å²) in [4.78, 5) is 16.2. The molecule has 1 amide bonds. The van der Waals surface area contributed by atoms with Crippen molar-refractivity contribution in [3.8, 4) is 17.1 Å². The van der Waals surface area contributed by atoms with Gasteiger partial charge in [0.15, 0.2) is 6.61 Å². The second-order valence-electron chi connectivity index (χ2n) is 5.85. The van der Waals surface area contributed by atoms with E-state index < -0.39 is 0 Å². The Bertz CT molecular complexity index is 907. The molecule has 7 heteroatoms. The highest BCUT2D eigenvalue weighted by atomic mass is 35.5. The summed E-state index contributed by atoms with van der Waals surface area (Å²) in [7, 11) is 0. The third-order valence-electron chi connectivity index (χ3n) is 3.71. The van der Waals surface area contributed by atoms with Crippen molar-refractivity contribution in [1.82, 2.24) is 15.5 Å². The molecule has 0 fully saturated rings. The van der Waals surface area contributed by atoms with Gasteiger partial charge in [-0.15, -0.1) is 0 Å². The van der Waals surface area contributed by atoms with Gasteiger partial charge in [-0.2, -0.15) is 4.98 Å². The van der Waals surface area contributed by atoms with Crippen molar-refractivity contribution in [2.75, 3.05) is 6.61 Å². The smallest absolute Gasteiger partial charge is 0.258 e. The van der Waals surface area contributed by atoms with Crippen LogP contribution in [0.5, 0.6) is 5.75 Å². The molecule has 0 bridgehead atoms. The zero-order chi connectivity index (χ0) is 18.5. The van der Waals surface area contributed by atoms with Crippen molar-refractivity contribution in [3.63, 3.8) is 0 Å². The fraction of sp³-hybridized carbons (Fsp3) is 0.211. The number of nitrogens with one attached hydrogen (secondary N) is 1. The Kier molecular flexibility index (Phi) is 5.53. The van der Waals surface area contributed by atoms with Gasteiger partial charge in [-0.05, 0) is 37.6 Å². The second kappa shape index (κ2) is 8.01. The first-order chi connectivity index (χ1) is 12.5. The van der Waals surface area contributed by atoms with Crippen LogP contribution < -0.4 is 10.1 Å². The van der Waals surface area contributed by atoms with Crippen molar-refractivity contribution in [2.24, 2.45) is 0 Å². The molecule has 0 radical (unpaired) electrons. The lowest BCUT2D eigenvalue weighted by Crippen LogP contribution is -2.28. The number of carbonyl (C=O) groups is 1. The number of halogens is 1. The third kappa shape index (κ3) is 4.61. The van der Waals surface area contributed by atoms with E-state index in [0.717, 1.165) is 16.7 Å². The fourth-order valence-electron chi connectivity index (χ4n) is 2.23. The van der Waals surface area contributed by atoms with Crippen molar-refractivity contribution in [3.05, 3.63) is 64.5 Å². The molecule has 3 rings (SSSR count). The van der Waals surface area contributed by atoms with Crippen LogP contribution in [0.2, 0.25) is 5.02 Å². The van der Waals surface area contributed by atoms with E-state index >= 15 is 0 Å². The molecule has 0 saturated carbocycles. The van der Waals surface area contributed by atoms with E-state index in [1.54, 1.807) is 18.2 Å². The molecule has 26 heavy (non-hydrogen) atoms. The van der Waals surface area contributed by atoms with Gasteiger partial charge in [0.05, 0.1) is 6.54 Å². The number of ether oxygens (including phenoxy) is 1. The van der Waals surface area contributed by atoms with Crippen LogP contribution in [0, 0.1) is 13.8 Å². The van der Waals surface area contributed by atoms with Crippen LogP contribution in [0.25, 0.3) is 11.4 Å². The highest BCUT2D eigenvalue weighted by Gasteiger charge is 2.10. The van der Waals surface area contributed by atoms with Gasteiger partial charge >= 0.3 is 0 Å². The molecule has 0 atom stereocenters. The van der Waals surface area contributed by atoms with Gasteiger partial charge in [0.1, 0.15) is 5.75 Å².